The molecular weight excluding hydrogens is 639 g/mol. The van der Waals surface area contributed by atoms with Crippen LogP contribution in [0.15, 0.2) is 212 Å². The van der Waals surface area contributed by atoms with Gasteiger partial charge in [-0.15, -0.1) is 0 Å². The van der Waals surface area contributed by atoms with Gasteiger partial charge in [0.15, 0.2) is 0 Å². The fraction of sp³-hybridized carbons (Fsp3) is 0. The molecule has 0 saturated heterocycles. The van der Waals surface area contributed by atoms with Crippen LogP contribution >= 0.6 is 0 Å². The Bertz CT molecular complexity index is 3800. The maximum atomic E-state index is 9.68. The minimum absolute atomic E-state index is 0.0938. The fourth-order valence-corrected chi connectivity index (χ4v) is 6.95. The lowest BCUT2D eigenvalue weighted by Gasteiger charge is -2.26. The van der Waals surface area contributed by atoms with E-state index in [0.717, 1.165) is 37.2 Å². The van der Waals surface area contributed by atoms with E-state index in [1.54, 1.807) is 18.2 Å². The molecule has 10 aromatic rings. The molecule has 0 radical (unpaired) electrons. The zero-order chi connectivity index (χ0) is 49.1. The minimum Gasteiger partial charge on any atom is -0.311 e. The van der Waals surface area contributed by atoms with Crippen LogP contribution in [0.1, 0.15) is 21.9 Å². The quantitative estimate of drug-likeness (QED) is 0.157. The number of rotatable bonds is 6. The molecule has 0 fully saturated rings. The van der Waals surface area contributed by atoms with Gasteiger partial charge in [0.1, 0.15) is 0 Å². The summed E-state index contributed by atoms with van der Waals surface area (Å²) in [7, 11) is 0. The topological polar surface area (TPSA) is 3.24 Å². The first-order valence-electron chi connectivity index (χ1n) is 25.0. The van der Waals surface area contributed by atoms with E-state index in [0.29, 0.717) is 21.9 Å². The van der Waals surface area contributed by atoms with Crippen molar-refractivity contribution in [2.45, 2.75) is 0 Å². The van der Waals surface area contributed by atoms with E-state index in [1.807, 2.05) is 91.0 Å². The largest absolute Gasteiger partial charge is 0.311 e. The first kappa shape index (κ1) is 18.5. The van der Waals surface area contributed by atoms with Gasteiger partial charge in [-0.05, 0) is 125 Å². The lowest BCUT2D eigenvalue weighted by molar-refractivity contribution is 1.28. The van der Waals surface area contributed by atoms with E-state index in [-0.39, 0.29) is 11.1 Å². The second-order valence-electron chi connectivity index (χ2n) is 12.5. The number of nitrogens with zero attached hydrogens (tertiary/aromatic N) is 1. The SMILES string of the molecule is [2H]c1cc(-c2cc3ccccc3c3ccccc23)c([2H])c([2H])c1N(c1c([2H])c([2H])c(-c2c([2H])c([2H])c([2H])c([2H])c2[2H])c([2H])c1[2H])c1c([2H])c([2H])c(-c2cc3ccccc3c3ccccc23)c([2H])c1[2H]. The molecule has 0 atom stereocenters. The molecule has 1 nitrogen and oxygen atoms in total. The van der Waals surface area contributed by atoms with Crippen molar-refractivity contribution in [2.75, 3.05) is 4.90 Å². The van der Waals surface area contributed by atoms with Gasteiger partial charge < -0.3 is 4.90 Å². The molecule has 0 aliphatic rings. The molecule has 0 N–H and O–H groups in total. The molecule has 0 saturated carbocycles. The van der Waals surface area contributed by atoms with Crippen molar-refractivity contribution < 1.29 is 21.9 Å². The Morgan fingerprint density at radius 2 is 0.698 bits per heavy atom. The standard InChI is InChI=1S/C52H35N/c1-2-12-36(13-3-1)37-22-28-42(29-23-37)53(43-30-24-38(25-31-43)51-34-40-14-4-6-16-45(40)47-18-8-10-20-49(47)51)44-32-26-39(27-33-44)52-35-41-15-5-7-17-46(41)48-19-9-11-21-50(48)52/h1-35H/i1D,2D,3D,12D,13D,22D,23D,24D,25D,26D,28D,29D,30D,31D,32D,33D. The Labute approximate surface area is 332 Å². The molecule has 0 spiro atoms. The van der Waals surface area contributed by atoms with Crippen molar-refractivity contribution in [3.63, 3.8) is 0 Å². The van der Waals surface area contributed by atoms with E-state index in [4.69, 9.17) is 6.85 Å². The van der Waals surface area contributed by atoms with Crippen LogP contribution in [0.5, 0.6) is 0 Å². The van der Waals surface area contributed by atoms with Gasteiger partial charge >= 0.3 is 0 Å². The van der Waals surface area contributed by atoms with E-state index in [9.17, 15) is 15.1 Å². The highest BCUT2D eigenvalue weighted by Gasteiger charge is 2.16. The molecular formula is C52H35N. The van der Waals surface area contributed by atoms with Crippen molar-refractivity contribution in [1.29, 1.82) is 0 Å². The van der Waals surface area contributed by atoms with Gasteiger partial charge in [0, 0.05) is 17.1 Å². The first-order valence-corrected chi connectivity index (χ1v) is 17.0. The predicted molar refractivity (Wildman–Crippen MR) is 227 cm³/mol. The second kappa shape index (κ2) is 13.0. The maximum Gasteiger partial charge on any atom is 0.0645 e. The molecule has 0 aliphatic carbocycles. The summed E-state index contributed by atoms with van der Waals surface area (Å²) in [5.41, 5.74) is -2.27. The smallest absolute Gasteiger partial charge is 0.0645 e. The van der Waals surface area contributed by atoms with Crippen LogP contribution in [0, 0.1) is 0 Å². The van der Waals surface area contributed by atoms with E-state index in [2.05, 4.69) is 0 Å². The maximum absolute atomic E-state index is 9.68. The Kier molecular flexibility index (Phi) is 4.53. The third kappa shape index (κ3) is 5.51. The lowest BCUT2D eigenvalue weighted by atomic mass is 9.93. The highest BCUT2D eigenvalue weighted by molar-refractivity contribution is 6.15. The van der Waals surface area contributed by atoms with Gasteiger partial charge in [-0.25, -0.2) is 0 Å². The van der Waals surface area contributed by atoms with Crippen LogP contribution in [0.3, 0.4) is 0 Å². The number of fused-ring (bicyclic) bond motifs is 6. The Morgan fingerprint density at radius 3 is 1.25 bits per heavy atom. The van der Waals surface area contributed by atoms with Crippen LogP contribution in [0.4, 0.5) is 17.1 Å². The Hall–Kier alpha value is -6.96. The summed E-state index contributed by atoms with van der Waals surface area (Å²) in [6, 6.07) is 23.2. The van der Waals surface area contributed by atoms with Crippen LogP contribution in [-0.4, -0.2) is 0 Å². The number of hydrogen-bond donors (Lipinski definition) is 0. The molecule has 0 amide bonds. The molecule has 0 aliphatic heterocycles. The highest BCUT2D eigenvalue weighted by Crippen LogP contribution is 2.41. The average Bonchev–Trinajstić information content (AvgIpc) is 3.35. The second-order valence-corrected chi connectivity index (χ2v) is 12.5. The zero-order valence-corrected chi connectivity index (χ0v) is 27.9. The molecule has 248 valence electrons. The lowest BCUT2D eigenvalue weighted by Crippen LogP contribution is -2.09. The van der Waals surface area contributed by atoms with Crippen LogP contribution in [-0.2, 0) is 0 Å². The van der Waals surface area contributed by atoms with Crippen molar-refractivity contribution in [2.24, 2.45) is 0 Å². The number of benzene rings is 10. The molecule has 0 bridgehead atoms. The molecule has 0 unspecified atom stereocenters. The highest BCUT2D eigenvalue weighted by atomic mass is 15.1. The molecule has 53 heavy (non-hydrogen) atoms. The van der Waals surface area contributed by atoms with Crippen molar-refractivity contribution in [3.8, 4) is 33.4 Å². The van der Waals surface area contributed by atoms with Crippen molar-refractivity contribution in [1.82, 2.24) is 0 Å². The fourth-order valence-electron chi connectivity index (χ4n) is 6.95. The molecule has 0 heterocycles. The monoisotopic (exact) mass is 689 g/mol. The first-order chi connectivity index (χ1) is 33.0. The summed E-state index contributed by atoms with van der Waals surface area (Å²) < 4.78 is 147. The van der Waals surface area contributed by atoms with Crippen molar-refractivity contribution >= 4 is 60.2 Å². The third-order valence-electron chi connectivity index (χ3n) is 9.41. The van der Waals surface area contributed by atoms with E-state index in [1.165, 1.54) is 6.07 Å². The van der Waals surface area contributed by atoms with Gasteiger partial charge in [0.2, 0.25) is 0 Å². The zero-order valence-electron chi connectivity index (χ0n) is 43.9. The number of hydrogen-bond acceptors (Lipinski definition) is 1. The van der Waals surface area contributed by atoms with Crippen LogP contribution in [0.25, 0.3) is 76.5 Å². The van der Waals surface area contributed by atoms with E-state index < -0.39 is 125 Å². The van der Waals surface area contributed by atoms with Gasteiger partial charge in [-0.3, -0.25) is 0 Å². The van der Waals surface area contributed by atoms with Gasteiger partial charge in [0.05, 0.1) is 21.9 Å². The molecule has 10 rings (SSSR count). The van der Waals surface area contributed by atoms with Crippen LogP contribution < -0.4 is 4.90 Å². The van der Waals surface area contributed by atoms with Gasteiger partial charge in [-0.1, -0.05) is 164 Å². The number of anilines is 3. The normalized spacial score (nSPS) is 15.6. The summed E-state index contributed by atoms with van der Waals surface area (Å²) in [6.07, 6.45) is 0. The average molecular weight is 690 g/mol. The van der Waals surface area contributed by atoms with Crippen LogP contribution in [0.2, 0.25) is 0 Å². The summed E-state index contributed by atoms with van der Waals surface area (Å²) in [6.45, 7) is 0. The summed E-state index contributed by atoms with van der Waals surface area (Å²) in [5.74, 6) is 0. The third-order valence-corrected chi connectivity index (χ3v) is 9.41. The minimum atomic E-state index is -0.922. The summed E-state index contributed by atoms with van der Waals surface area (Å²) in [4.78, 5) is 0.792. The molecule has 0 aromatic heterocycles. The van der Waals surface area contributed by atoms with Gasteiger partial charge in [0.25, 0.3) is 0 Å². The van der Waals surface area contributed by atoms with Crippen molar-refractivity contribution in [3.05, 3.63) is 212 Å². The van der Waals surface area contributed by atoms with Gasteiger partial charge in [-0.2, -0.15) is 0 Å². The summed E-state index contributed by atoms with van der Waals surface area (Å²) >= 11 is 0. The Morgan fingerprint density at radius 1 is 0.302 bits per heavy atom. The Balaban J connectivity index is 1.30. The molecule has 1 heteroatoms. The van der Waals surface area contributed by atoms with E-state index >= 15 is 0 Å². The molecule has 10 aromatic carbocycles. The predicted octanol–water partition coefficient (Wildman–Crippen LogP) is 14.8. The summed E-state index contributed by atoms with van der Waals surface area (Å²) in [5, 5.41) is 6.38.